The molecule has 2 aromatic rings. The number of rotatable bonds is 6. The van der Waals surface area contributed by atoms with Gasteiger partial charge in [-0.3, -0.25) is 4.79 Å². The Hall–Kier alpha value is -2.87. The lowest BCUT2D eigenvalue weighted by molar-refractivity contribution is 0.0595. The number of nitrogens with zero attached hydrogens (tertiary/aromatic N) is 3. The van der Waals surface area contributed by atoms with Crippen LogP contribution in [0.4, 0.5) is 4.39 Å². The molecule has 0 saturated heterocycles. The van der Waals surface area contributed by atoms with Crippen LogP contribution in [-0.2, 0) is 0 Å². The summed E-state index contributed by atoms with van der Waals surface area (Å²) < 4.78 is 13.0. The number of hydrogen-bond donors (Lipinski definition) is 2. The standard InChI is InChI=1S/C17H16FN3O4/c18-11-3-1-10(2-4-11)15(22)9-21(12-5-6-12)16(23)13-7-20-14(8-19-13)17(24)25/h1-4,7-8,12,15,22H,5-6,9H2,(H,24,25). The molecule has 0 radical (unpaired) electrons. The third-order valence-corrected chi connectivity index (χ3v) is 3.96. The van der Waals surface area contributed by atoms with Crippen molar-refractivity contribution in [3.8, 4) is 0 Å². The highest BCUT2D eigenvalue weighted by atomic mass is 19.1. The summed E-state index contributed by atoms with van der Waals surface area (Å²) in [7, 11) is 0. The highest BCUT2D eigenvalue weighted by Crippen LogP contribution is 2.30. The lowest BCUT2D eigenvalue weighted by Crippen LogP contribution is -2.37. The first-order chi connectivity index (χ1) is 12.0. The summed E-state index contributed by atoms with van der Waals surface area (Å²) in [6.07, 6.45) is 2.82. The Morgan fingerprint density at radius 3 is 2.28 bits per heavy atom. The van der Waals surface area contributed by atoms with Gasteiger partial charge < -0.3 is 15.1 Å². The number of carboxylic acid groups (broad SMARTS) is 1. The van der Waals surface area contributed by atoms with Crippen molar-refractivity contribution in [2.45, 2.75) is 25.0 Å². The summed E-state index contributed by atoms with van der Waals surface area (Å²) in [6, 6.07) is 5.44. The highest BCUT2D eigenvalue weighted by Gasteiger charge is 2.35. The van der Waals surface area contributed by atoms with E-state index in [2.05, 4.69) is 9.97 Å². The van der Waals surface area contributed by atoms with Crippen molar-refractivity contribution in [2.24, 2.45) is 0 Å². The van der Waals surface area contributed by atoms with Gasteiger partial charge in [-0.05, 0) is 30.5 Å². The topological polar surface area (TPSA) is 104 Å². The van der Waals surface area contributed by atoms with E-state index in [1.807, 2.05) is 0 Å². The maximum absolute atomic E-state index is 13.0. The first-order valence-corrected chi connectivity index (χ1v) is 7.75. The maximum Gasteiger partial charge on any atom is 0.356 e. The minimum Gasteiger partial charge on any atom is -0.476 e. The fourth-order valence-electron chi connectivity index (χ4n) is 2.46. The molecule has 8 heteroatoms. The number of carbonyl (C=O) groups is 2. The average molecular weight is 345 g/mol. The van der Waals surface area contributed by atoms with Crippen molar-refractivity contribution < 1.29 is 24.2 Å². The average Bonchev–Trinajstić information content (AvgIpc) is 3.44. The van der Waals surface area contributed by atoms with Gasteiger partial charge in [-0.1, -0.05) is 12.1 Å². The van der Waals surface area contributed by atoms with Crippen LogP contribution in [0.5, 0.6) is 0 Å². The Bertz CT molecular complexity index is 775. The normalized spacial score (nSPS) is 14.8. The van der Waals surface area contributed by atoms with Crippen molar-refractivity contribution in [1.29, 1.82) is 0 Å². The molecule has 7 nitrogen and oxygen atoms in total. The van der Waals surface area contributed by atoms with Gasteiger partial charge in [0.1, 0.15) is 11.5 Å². The van der Waals surface area contributed by atoms with Crippen LogP contribution in [0.1, 0.15) is 45.5 Å². The summed E-state index contributed by atoms with van der Waals surface area (Å²) in [6.45, 7) is 0.0392. The van der Waals surface area contributed by atoms with E-state index in [0.717, 1.165) is 25.2 Å². The second kappa shape index (κ2) is 6.94. The fourth-order valence-corrected chi connectivity index (χ4v) is 2.46. The van der Waals surface area contributed by atoms with Gasteiger partial charge in [0.05, 0.1) is 25.0 Å². The molecule has 0 aliphatic heterocycles. The number of aromatic carboxylic acids is 1. The summed E-state index contributed by atoms with van der Waals surface area (Å²) in [5.74, 6) is -2.05. The monoisotopic (exact) mass is 345 g/mol. The number of benzene rings is 1. The van der Waals surface area contributed by atoms with Gasteiger partial charge >= 0.3 is 5.97 Å². The Kier molecular flexibility index (Phi) is 4.71. The van der Waals surface area contributed by atoms with E-state index >= 15 is 0 Å². The molecule has 130 valence electrons. The first kappa shape index (κ1) is 17.0. The van der Waals surface area contributed by atoms with E-state index in [0.29, 0.717) is 5.56 Å². The quantitative estimate of drug-likeness (QED) is 0.825. The van der Waals surface area contributed by atoms with E-state index < -0.39 is 23.8 Å². The zero-order valence-electron chi connectivity index (χ0n) is 13.2. The van der Waals surface area contributed by atoms with Gasteiger partial charge in [0.15, 0.2) is 5.69 Å². The predicted octanol–water partition coefficient (Wildman–Crippen LogP) is 1.65. The van der Waals surface area contributed by atoms with Crippen molar-refractivity contribution in [3.63, 3.8) is 0 Å². The molecular weight excluding hydrogens is 329 g/mol. The van der Waals surface area contributed by atoms with Gasteiger partial charge in [-0.2, -0.15) is 0 Å². The predicted molar refractivity (Wildman–Crippen MR) is 84.4 cm³/mol. The number of aromatic nitrogens is 2. The minimum absolute atomic E-state index is 0.00329. The lowest BCUT2D eigenvalue weighted by atomic mass is 10.1. The SMILES string of the molecule is O=C(O)c1cnc(C(=O)N(CC(O)c2ccc(F)cc2)C2CC2)cn1. The summed E-state index contributed by atoms with van der Waals surface area (Å²) >= 11 is 0. The van der Waals surface area contributed by atoms with Crippen LogP contribution in [-0.4, -0.2) is 49.5 Å². The third-order valence-electron chi connectivity index (χ3n) is 3.96. The molecule has 3 rings (SSSR count). The van der Waals surface area contributed by atoms with E-state index in [9.17, 15) is 19.1 Å². The smallest absolute Gasteiger partial charge is 0.356 e. The Balaban J connectivity index is 1.75. The van der Waals surface area contributed by atoms with Crippen molar-refractivity contribution in [1.82, 2.24) is 14.9 Å². The van der Waals surface area contributed by atoms with Gasteiger partial charge in [0.25, 0.3) is 5.91 Å². The van der Waals surface area contributed by atoms with Crippen molar-refractivity contribution in [2.75, 3.05) is 6.54 Å². The van der Waals surface area contributed by atoms with Crippen LogP contribution in [0.15, 0.2) is 36.7 Å². The Morgan fingerprint density at radius 2 is 1.76 bits per heavy atom. The number of aliphatic hydroxyl groups excluding tert-OH is 1. The Labute approximate surface area is 142 Å². The zero-order chi connectivity index (χ0) is 18.0. The van der Waals surface area contributed by atoms with Gasteiger partial charge in [0.2, 0.25) is 0 Å². The van der Waals surface area contributed by atoms with Crippen LogP contribution < -0.4 is 0 Å². The second-order valence-corrected chi connectivity index (χ2v) is 5.85. The molecule has 0 bridgehead atoms. The molecule has 2 N–H and O–H groups in total. The van der Waals surface area contributed by atoms with E-state index in [4.69, 9.17) is 5.11 Å². The van der Waals surface area contributed by atoms with Crippen LogP contribution in [0.25, 0.3) is 0 Å². The van der Waals surface area contributed by atoms with Crippen molar-refractivity contribution in [3.05, 3.63) is 59.4 Å². The van der Waals surface area contributed by atoms with Crippen LogP contribution in [0.3, 0.4) is 0 Å². The van der Waals surface area contributed by atoms with Gasteiger partial charge in [0, 0.05) is 6.04 Å². The van der Waals surface area contributed by atoms with Crippen molar-refractivity contribution >= 4 is 11.9 Å². The molecule has 25 heavy (non-hydrogen) atoms. The molecule has 1 aliphatic rings. The molecule has 1 aromatic carbocycles. The number of amides is 1. The van der Waals surface area contributed by atoms with Crippen LogP contribution >= 0.6 is 0 Å². The molecular formula is C17H16FN3O4. The number of halogens is 1. The fraction of sp³-hybridized carbons (Fsp3) is 0.294. The lowest BCUT2D eigenvalue weighted by Gasteiger charge is -2.25. The largest absolute Gasteiger partial charge is 0.476 e. The number of carboxylic acids is 1. The number of aliphatic hydroxyl groups is 1. The molecule has 1 saturated carbocycles. The molecule has 1 aliphatic carbocycles. The number of hydrogen-bond acceptors (Lipinski definition) is 5. The molecule has 0 spiro atoms. The summed E-state index contributed by atoms with van der Waals surface area (Å²) in [5.41, 5.74) is 0.274. The van der Waals surface area contributed by atoms with E-state index in [-0.39, 0.29) is 24.0 Å². The molecule has 1 heterocycles. The van der Waals surface area contributed by atoms with E-state index in [1.165, 1.54) is 29.2 Å². The molecule has 1 aromatic heterocycles. The van der Waals surface area contributed by atoms with Gasteiger partial charge in [-0.15, -0.1) is 0 Å². The zero-order valence-corrected chi connectivity index (χ0v) is 13.2. The second-order valence-electron chi connectivity index (χ2n) is 5.85. The van der Waals surface area contributed by atoms with Crippen LogP contribution in [0.2, 0.25) is 0 Å². The van der Waals surface area contributed by atoms with Crippen LogP contribution in [0, 0.1) is 5.82 Å². The molecule has 1 amide bonds. The molecule has 1 fully saturated rings. The van der Waals surface area contributed by atoms with E-state index in [1.54, 1.807) is 0 Å². The molecule has 1 atom stereocenters. The number of carbonyl (C=O) groups excluding carboxylic acids is 1. The third kappa shape index (κ3) is 3.97. The highest BCUT2D eigenvalue weighted by molar-refractivity contribution is 5.93. The minimum atomic E-state index is -1.22. The summed E-state index contributed by atoms with van der Waals surface area (Å²) in [4.78, 5) is 32.5. The Morgan fingerprint density at radius 1 is 1.16 bits per heavy atom. The molecule has 1 unspecified atom stereocenters. The van der Waals surface area contributed by atoms with Gasteiger partial charge in [-0.25, -0.2) is 19.2 Å². The first-order valence-electron chi connectivity index (χ1n) is 7.75. The summed E-state index contributed by atoms with van der Waals surface area (Å²) in [5, 5.41) is 19.2. The maximum atomic E-state index is 13.0.